The minimum atomic E-state index is -0.208. The van der Waals surface area contributed by atoms with E-state index in [1.54, 1.807) is 29.2 Å². The number of piperazine rings is 1. The predicted molar refractivity (Wildman–Crippen MR) is 105 cm³/mol. The molecule has 5 heteroatoms. The third-order valence-corrected chi connectivity index (χ3v) is 5.06. The molecule has 5 nitrogen and oxygen atoms in total. The van der Waals surface area contributed by atoms with Gasteiger partial charge in [0, 0.05) is 38.8 Å². The molecule has 1 aliphatic heterocycles. The third-order valence-electron chi connectivity index (χ3n) is 5.06. The van der Waals surface area contributed by atoms with Gasteiger partial charge in [-0.1, -0.05) is 42.5 Å². The first-order chi connectivity index (χ1) is 13.2. The molecule has 138 valence electrons. The van der Waals surface area contributed by atoms with E-state index < -0.39 is 0 Å². The lowest BCUT2D eigenvalue weighted by molar-refractivity contribution is 0.0608. The van der Waals surface area contributed by atoms with Crippen LogP contribution in [-0.4, -0.2) is 48.4 Å². The van der Waals surface area contributed by atoms with Crippen LogP contribution in [0.3, 0.4) is 0 Å². The topological polar surface area (TPSA) is 53.8 Å². The fourth-order valence-electron chi connectivity index (χ4n) is 3.47. The van der Waals surface area contributed by atoms with Crippen LogP contribution in [0.2, 0.25) is 0 Å². The maximum Gasteiger partial charge on any atom is 0.289 e. The second kappa shape index (κ2) is 7.76. The largest absolute Gasteiger partial charge is 0.451 e. The summed E-state index contributed by atoms with van der Waals surface area (Å²) in [6.07, 6.45) is 1.01. The van der Waals surface area contributed by atoms with Gasteiger partial charge in [0.15, 0.2) is 11.2 Å². The molecular formula is C22H22N2O3. The second-order valence-electron chi connectivity index (χ2n) is 6.84. The van der Waals surface area contributed by atoms with Gasteiger partial charge in [-0.15, -0.1) is 0 Å². The number of rotatable bonds is 4. The molecule has 1 amide bonds. The van der Waals surface area contributed by atoms with Crippen LogP contribution in [0, 0.1) is 0 Å². The molecule has 27 heavy (non-hydrogen) atoms. The number of hydrogen-bond donors (Lipinski definition) is 0. The predicted octanol–water partition coefficient (Wildman–Crippen LogP) is 2.79. The fraction of sp³-hybridized carbons (Fsp3) is 0.273. The third kappa shape index (κ3) is 3.93. The molecule has 0 saturated carbocycles. The summed E-state index contributed by atoms with van der Waals surface area (Å²) in [6, 6.07) is 18.7. The molecule has 2 aromatic carbocycles. The van der Waals surface area contributed by atoms with Gasteiger partial charge in [0.05, 0.1) is 5.39 Å². The van der Waals surface area contributed by atoms with Crippen LogP contribution in [0.5, 0.6) is 0 Å². The molecule has 0 spiro atoms. The van der Waals surface area contributed by atoms with E-state index in [4.69, 9.17) is 4.42 Å². The zero-order valence-electron chi connectivity index (χ0n) is 15.1. The van der Waals surface area contributed by atoms with Gasteiger partial charge in [-0.2, -0.15) is 0 Å². The molecule has 1 fully saturated rings. The molecule has 1 saturated heterocycles. The Morgan fingerprint density at radius 3 is 2.41 bits per heavy atom. The standard InChI is InChI=1S/C22H22N2O3/c25-19-16-21(27-20-9-5-4-8-18(19)20)22(26)24-14-12-23(13-15-24)11-10-17-6-2-1-3-7-17/h1-9,16H,10-15H2. The number of carbonyl (C=O) groups is 1. The maximum atomic E-state index is 12.8. The first-order valence-electron chi connectivity index (χ1n) is 9.29. The van der Waals surface area contributed by atoms with Crippen molar-refractivity contribution in [2.75, 3.05) is 32.7 Å². The van der Waals surface area contributed by atoms with E-state index in [2.05, 4.69) is 29.2 Å². The van der Waals surface area contributed by atoms with E-state index in [1.165, 1.54) is 11.6 Å². The van der Waals surface area contributed by atoms with Crippen LogP contribution >= 0.6 is 0 Å². The first kappa shape index (κ1) is 17.5. The molecule has 1 aromatic heterocycles. The summed E-state index contributed by atoms with van der Waals surface area (Å²) in [4.78, 5) is 29.1. The van der Waals surface area contributed by atoms with Crippen molar-refractivity contribution < 1.29 is 9.21 Å². The quantitative estimate of drug-likeness (QED) is 0.716. The van der Waals surface area contributed by atoms with Crippen molar-refractivity contribution in [3.05, 3.63) is 82.2 Å². The smallest absolute Gasteiger partial charge is 0.289 e. The van der Waals surface area contributed by atoms with Crippen molar-refractivity contribution >= 4 is 16.9 Å². The minimum absolute atomic E-state index is 0.122. The highest BCUT2D eigenvalue weighted by molar-refractivity contribution is 5.93. The molecule has 0 radical (unpaired) electrons. The van der Waals surface area contributed by atoms with Gasteiger partial charge in [-0.3, -0.25) is 14.5 Å². The number of hydrogen-bond acceptors (Lipinski definition) is 4. The first-order valence-corrected chi connectivity index (χ1v) is 9.29. The Labute approximate surface area is 157 Å². The molecule has 0 bridgehead atoms. The lowest BCUT2D eigenvalue weighted by Crippen LogP contribution is -2.49. The molecular weight excluding hydrogens is 340 g/mol. The number of benzene rings is 2. The van der Waals surface area contributed by atoms with Crippen LogP contribution in [-0.2, 0) is 6.42 Å². The monoisotopic (exact) mass is 362 g/mol. The van der Waals surface area contributed by atoms with Crippen molar-refractivity contribution in [3.63, 3.8) is 0 Å². The molecule has 0 atom stereocenters. The Bertz CT molecular complexity index is 989. The van der Waals surface area contributed by atoms with Crippen LogP contribution < -0.4 is 5.43 Å². The van der Waals surface area contributed by atoms with Crippen LogP contribution in [0.1, 0.15) is 16.1 Å². The van der Waals surface area contributed by atoms with Gasteiger partial charge in [0.2, 0.25) is 0 Å². The summed E-state index contributed by atoms with van der Waals surface area (Å²) in [6.45, 7) is 3.93. The molecule has 0 aliphatic carbocycles. The Hall–Kier alpha value is -2.92. The van der Waals surface area contributed by atoms with E-state index >= 15 is 0 Å². The highest BCUT2D eigenvalue weighted by Crippen LogP contribution is 2.14. The minimum Gasteiger partial charge on any atom is -0.451 e. The number of fused-ring (bicyclic) bond motifs is 1. The Morgan fingerprint density at radius 1 is 0.926 bits per heavy atom. The summed E-state index contributed by atoms with van der Waals surface area (Å²) in [5.74, 6) is -0.0861. The van der Waals surface area contributed by atoms with Crippen molar-refractivity contribution in [2.45, 2.75) is 6.42 Å². The molecule has 0 N–H and O–H groups in total. The molecule has 0 unspecified atom stereocenters. The van der Waals surface area contributed by atoms with Gasteiger partial charge in [0.1, 0.15) is 5.58 Å². The zero-order chi connectivity index (χ0) is 18.6. The van der Waals surface area contributed by atoms with E-state index in [-0.39, 0.29) is 17.1 Å². The van der Waals surface area contributed by atoms with Crippen LogP contribution in [0.4, 0.5) is 0 Å². The summed E-state index contributed by atoms with van der Waals surface area (Å²) in [7, 11) is 0. The lowest BCUT2D eigenvalue weighted by Gasteiger charge is -2.34. The SMILES string of the molecule is O=C(c1cc(=O)c2ccccc2o1)N1CCN(CCc2ccccc2)CC1. The van der Waals surface area contributed by atoms with Crippen molar-refractivity contribution in [1.29, 1.82) is 0 Å². The average Bonchev–Trinajstić information content (AvgIpc) is 2.73. The maximum absolute atomic E-state index is 12.8. The van der Waals surface area contributed by atoms with E-state index in [9.17, 15) is 9.59 Å². The highest BCUT2D eigenvalue weighted by atomic mass is 16.3. The highest BCUT2D eigenvalue weighted by Gasteiger charge is 2.24. The number of amides is 1. The van der Waals surface area contributed by atoms with Gasteiger partial charge in [-0.05, 0) is 24.1 Å². The Morgan fingerprint density at radius 2 is 1.63 bits per heavy atom. The molecule has 4 rings (SSSR count). The van der Waals surface area contributed by atoms with Crippen molar-refractivity contribution in [1.82, 2.24) is 9.80 Å². The Kier molecular flexibility index (Phi) is 5.03. The van der Waals surface area contributed by atoms with Gasteiger partial charge in [0.25, 0.3) is 5.91 Å². The molecule has 3 aromatic rings. The Balaban J connectivity index is 1.38. The van der Waals surface area contributed by atoms with E-state index in [0.717, 1.165) is 26.1 Å². The van der Waals surface area contributed by atoms with Gasteiger partial charge < -0.3 is 9.32 Å². The summed E-state index contributed by atoms with van der Waals surface area (Å²) in [5, 5.41) is 0.500. The average molecular weight is 362 g/mol. The number of para-hydroxylation sites is 1. The van der Waals surface area contributed by atoms with Crippen molar-refractivity contribution in [3.8, 4) is 0 Å². The molecule has 1 aliphatic rings. The van der Waals surface area contributed by atoms with Crippen LogP contribution in [0.15, 0.2) is 69.9 Å². The molecule has 2 heterocycles. The second-order valence-corrected chi connectivity index (χ2v) is 6.84. The van der Waals surface area contributed by atoms with Crippen LogP contribution in [0.25, 0.3) is 11.0 Å². The normalized spacial score (nSPS) is 15.2. The number of nitrogens with zero attached hydrogens (tertiary/aromatic N) is 2. The van der Waals surface area contributed by atoms with Gasteiger partial charge in [-0.25, -0.2) is 0 Å². The zero-order valence-corrected chi connectivity index (χ0v) is 15.1. The lowest BCUT2D eigenvalue weighted by atomic mass is 10.1. The van der Waals surface area contributed by atoms with E-state index in [0.29, 0.717) is 24.1 Å². The summed E-state index contributed by atoms with van der Waals surface area (Å²) in [5.41, 5.74) is 1.60. The van der Waals surface area contributed by atoms with Gasteiger partial charge >= 0.3 is 0 Å². The fourth-order valence-corrected chi connectivity index (χ4v) is 3.47. The summed E-state index contributed by atoms with van der Waals surface area (Å²) < 4.78 is 5.68. The van der Waals surface area contributed by atoms with Crippen molar-refractivity contribution in [2.24, 2.45) is 0 Å². The number of carbonyl (C=O) groups excluding carboxylic acids is 1. The van der Waals surface area contributed by atoms with E-state index in [1.807, 2.05) is 6.07 Å². The summed E-state index contributed by atoms with van der Waals surface area (Å²) >= 11 is 0.